The van der Waals surface area contributed by atoms with E-state index in [4.69, 9.17) is 4.42 Å². The summed E-state index contributed by atoms with van der Waals surface area (Å²) in [5, 5.41) is 9.48. The Hall–Kier alpha value is -2.71. The average molecular weight is 369 g/mol. The normalized spacial score (nSPS) is 16.2. The number of hydrogen-bond acceptors (Lipinski definition) is 7. The van der Waals surface area contributed by atoms with Crippen molar-refractivity contribution in [1.82, 2.24) is 15.1 Å². The highest BCUT2D eigenvalue weighted by Crippen LogP contribution is 2.34. The number of thiophene rings is 1. The van der Waals surface area contributed by atoms with Crippen LogP contribution in [-0.4, -0.2) is 26.2 Å². The second kappa shape index (κ2) is 6.66. The summed E-state index contributed by atoms with van der Waals surface area (Å²) in [4.78, 5) is 27.0. The maximum Gasteiger partial charge on any atom is 0.294 e. The van der Waals surface area contributed by atoms with Crippen molar-refractivity contribution in [2.45, 2.75) is 6.54 Å². The monoisotopic (exact) mass is 369 g/mol. The summed E-state index contributed by atoms with van der Waals surface area (Å²) < 4.78 is 5.57. The van der Waals surface area contributed by atoms with Crippen molar-refractivity contribution < 1.29 is 14.0 Å². The molecule has 1 fully saturated rings. The predicted molar refractivity (Wildman–Crippen MR) is 95.6 cm³/mol. The molecule has 1 saturated heterocycles. The molecule has 4 rings (SSSR count). The zero-order valence-electron chi connectivity index (χ0n) is 12.8. The molecule has 25 heavy (non-hydrogen) atoms. The molecule has 0 N–H and O–H groups in total. The van der Waals surface area contributed by atoms with Gasteiger partial charge in [0.15, 0.2) is 0 Å². The van der Waals surface area contributed by atoms with E-state index in [-0.39, 0.29) is 23.6 Å². The Morgan fingerprint density at radius 1 is 1.08 bits per heavy atom. The molecular weight excluding hydrogens is 358 g/mol. The number of benzene rings is 1. The lowest BCUT2D eigenvalue weighted by molar-refractivity contribution is -0.123. The lowest BCUT2D eigenvalue weighted by Crippen LogP contribution is -2.27. The molecule has 124 valence electrons. The van der Waals surface area contributed by atoms with Crippen molar-refractivity contribution in [2.24, 2.45) is 0 Å². The number of carbonyl (C=O) groups is 2. The third kappa shape index (κ3) is 3.26. The summed E-state index contributed by atoms with van der Waals surface area (Å²) in [6.07, 6.45) is 1.72. The molecule has 2 aromatic heterocycles. The minimum Gasteiger partial charge on any atom is -0.419 e. The van der Waals surface area contributed by atoms with E-state index in [2.05, 4.69) is 10.2 Å². The van der Waals surface area contributed by atoms with Gasteiger partial charge in [-0.1, -0.05) is 24.3 Å². The average Bonchev–Trinajstić information content (AvgIpc) is 3.35. The van der Waals surface area contributed by atoms with Crippen LogP contribution in [0.3, 0.4) is 0 Å². The molecule has 6 nitrogen and oxygen atoms in total. The molecule has 1 aliphatic heterocycles. The van der Waals surface area contributed by atoms with Crippen molar-refractivity contribution in [3.05, 3.63) is 63.5 Å². The number of thioether (sulfide) groups is 1. The smallest absolute Gasteiger partial charge is 0.294 e. The van der Waals surface area contributed by atoms with E-state index in [0.717, 1.165) is 27.1 Å². The number of aromatic nitrogens is 2. The van der Waals surface area contributed by atoms with Gasteiger partial charge in [0.05, 0.1) is 4.91 Å². The van der Waals surface area contributed by atoms with Crippen molar-refractivity contribution in [3.8, 4) is 11.5 Å². The van der Waals surface area contributed by atoms with Gasteiger partial charge in [0.1, 0.15) is 6.54 Å². The molecule has 1 aromatic carbocycles. The Labute approximate surface area is 151 Å². The van der Waals surface area contributed by atoms with E-state index in [1.807, 2.05) is 47.8 Å². The zero-order valence-corrected chi connectivity index (χ0v) is 14.4. The van der Waals surface area contributed by atoms with Crippen LogP contribution < -0.4 is 0 Å². The zero-order chi connectivity index (χ0) is 17.2. The van der Waals surface area contributed by atoms with Crippen molar-refractivity contribution >= 4 is 40.3 Å². The highest BCUT2D eigenvalue weighted by molar-refractivity contribution is 8.18. The minimum absolute atomic E-state index is 0.0354. The second-order valence-corrected chi connectivity index (χ2v) is 7.12. The fourth-order valence-electron chi connectivity index (χ4n) is 2.29. The number of nitrogens with zero attached hydrogens (tertiary/aromatic N) is 3. The standard InChI is InChI=1S/C17H11N3O3S2/c21-16-13(9-12-7-4-8-24-12)25-17(22)20(16)10-14-18-19-15(23-14)11-5-2-1-3-6-11/h1-9H,10H2/b13-9-. The van der Waals surface area contributed by atoms with Gasteiger partial charge < -0.3 is 4.42 Å². The van der Waals surface area contributed by atoms with E-state index < -0.39 is 0 Å². The summed E-state index contributed by atoms with van der Waals surface area (Å²) >= 11 is 2.42. The maximum absolute atomic E-state index is 12.5. The largest absolute Gasteiger partial charge is 0.419 e. The molecule has 3 aromatic rings. The van der Waals surface area contributed by atoms with E-state index in [0.29, 0.717) is 10.8 Å². The van der Waals surface area contributed by atoms with Crippen LogP contribution in [0.4, 0.5) is 4.79 Å². The highest BCUT2D eigenvalue weighted by Gasteiger charge is 2.36. The fraction of sp³-hybridized carbons (Fsp3) is 0.0588. The number of hydrogen-bond donors (Lipinski definition) is 0. The summed E-state index contributed by atoms with van der Waals surface area (Å²) in [6.45, 7) is -0.0354. The van der Waals surface area contributed by atoms with Crippen molar-refractivity contribution in [2.75, 3.05) is 0 Å². The molecule has 0 aliphatic carbocycles. The number of imide groups is 1. The molecule has 0 radical (unpaired) electrons. The third-order valence-electron chi connectivity index (χ3n) is 3.47. The summed E-state index contributed by atoms with van der Waals surface area (Å²) in [5.74, 6) is 0.234. The van der Waals surface area contributed by atoms with Crippen LogP contribution in [0.2, 0.25) is 0 Å². The topological polar surface area (TPSA) is 76.3 Å². The van der Waals surface area contributed by atoms with Crippen molar-refractivity contribution in [1.29, 1.82) is 0 Å². The van der Waals surface area contributed by atoms with Crippen LogP contribution in [0.5, 0.6) is 0 Å². The van der Waals surface area contributed by atoms with E-state index in [1.165, 1.54) is 11.3 Å². The minimum atomic E-state index is -0.345. The molecule has 0 spiro atoms. The molecule has 0 saturated carbocycles. The Kier molecular flexibility index (Phi) is 4.21. The van der Waals surface area contributed by atoms with Gasteiger partial charge in [-0.3, -0.25) is 14.5 Å². The van der Waals surface area contributed by atoms with Gasteiger partial charge in [0.2, 0.25) is 11.8 Å². The fourth-order valence-corrected chi connectivity index (χ4v) is 3.85. The van der Waals surface area contributed by atoms with E-state index in [9.17, 15) is 9.59 Å². The third-order valence-corrected chi connectivity index (χ3v) is 5.20. The maximum atomic E-state index is 12.5. The molecule has 0 atom stereocenters. The van der Waals surface area contributed by atoms with Crippen LogP contribution in [0.25, 0.3) is 17.5 Å². The number of carbonyl (C=O) groups excluding carboxylic acids is 2. The quantitative estimate of drug-likeness (QED) is 0.646. The van der Waals surface area contributed by atoms with Gasteiger partial charge in [0.25, 0.3) is 11.1 Å². The van der Waals surface area contributed by atoms with E-state index in [1.54, 1.807) is 6.08 Å². The van der Waals surface area contributed by atoms with Crippen LogP contribution in [0.15, 0.2) is 57.2 Å². The molecule has 0 bridgehead atoms. The van der Waals surface area contributed by atoms with Gasteiger partial charge >= 0.3 is 0 Å². The molecule has 2 amide bonds. The molecule has 1 aliphatic rings. The molecular formula is C17H11N3O3S2. The Bertz CT molecular complexity index is 949. The van der Waals surface area contributed by atoms with Gasteiger partial charge in [0, 0.05) is 10.4 Å². The SMILES string of the molecule is O=C1S/C(=C\c2cccs2)C(=O)N1Cc1nnc(-c2ccccc2)o1. The van der Waals surface area contributed by atoms with Gasteiger partial charge in [-0.25, -0.2) is 0 Å². The van der Waals surface area contributed by atoms with Crippen molar-refractivity contribution in [3.63, 3.8) is 0 Å². The number of amides is 2. The molecule has 0 unspecified atom stereocenters. The number of rotatable bonds is 4. The van der Waals surface area contributed by atoms with Crippen LogP contribution in [0, 0.1) is 0 Å². The van der Waals surface area contributed by atoms with Gasteiger partial charge in [-0.15, -0.1) is 21.5 Å². The van der Waals surface area contributed by atoms with Gasteiger partial charge in [-0.05, 0) is 41.4 Å². The lowest BCUT2D eigenvalue weighted by atomic mass is 10.2. The highest BCUT2D eigenvalue weighted by atomic mass is 32.2. The van der Waals surface area contributed by atoms with Gasteiger partial charge in [-0.2, -0.15) is 0 Å². The van der Waals surface area contributed by atoms with Crippen LogP contribution in [-0.2, 0) is 11.3 Å². The van der Waals surface area contributed by atoms with Crippen LogP contribution in [0.1, 0.15) is 10.8 Å². The second-order valence-electron chi connectivity index (χ2n) is 5.15. The first-order chi connectivity index (χ1) is 12.2. The first-order valence-corrected chi connectivity index (χ1v) is 9.07. The Balaban J connectivity index is 1.52. The first kappa shape index (κ1) is 15.8. The summed E-state index contributed by atoms with van der Waals surface area (Å²) in [7, 11) is 0. The van der Waals surface area contributed by atoms with E-state index >= 15 is 0 Å². The summed E-state index contributed by atoms with van der Waals surface area (Å²) in [5.41, 5.74) is 0.785. The Morgan fingerprint density at radius 2 is 1.92 bits per heavy atom. The lowest BCUT2D eigenvalue weighted by Gasteiger charge is -2.08. The predicted octanol–water partition coefficient (Wildman–Crippen LogP) is 4.03. The van der Waals surface area contributed by atoms with Crippen LogP contribution >= 0.6 is 23.1 Å². The first-order valence-electron chi connectivity index (χ1n) is 7.37. The molecule has 8 heteroatoms. The molecule has 3 heterocycles. The Morgan fingerprint density at radius 3 is 2.68 bits per heavy atom. The summed E-state index contributed by atoms with van der Waals surface area (Å²) in [6, 6.07) is 13.1.